The Hall–Kier alpha value is -3.31. The highest BCUT2D eigenvalue weighted by molar-refractivity contribution is 6.35. The summed E-state index contributed by atoms with van der Waals surface area (Å²) in [6.07, 6.45) is 3.71. The fraction of sp³-hybridized carbons (Fsp3) is 0.200. The van der Waals surface area contributed by atoms with Crippen LogP contribution in [0.5, 0.6) is 0 Å². The van der Waals surface area contributed by atoms with Crippen molar-refractivity contribution < 1.29 is 0 Å². The smallest absolute Gasteiger partial charge is 0.137 e. The molecule has 1 N–H and O–H groups in total. The lowest BCUT2D eigenvalue weighted by Crippen LogP contribution is -2.44. The molecule has 4 aromatic rings. The van der Waals surface area contributed by atoms with Gasteiger partial charge in [-0.25, -0.2) is 9.97 Å². The first-order valence-electron chi connectivity index (χ1n) is 10.4. The molecule has 1 aromatic carbocycles. The third kappa shape index (κ3) is 3.66. The predicted molar refractivity (Wildman–Crippen MR) is 129 cm³/mol. The molecule has 5 rings (SSSR count). The average molecular weight is 430 g/mol. The van der Waals surface area contributed by atoms with Crippen molar-refractivity contribution in [2.45, 2.75) is 6.92 Å². The summed E-state index contributed by atoms with van der Waals surface area (Å²) < 4.78 is 0. The standard InChI is InChI=1S/C25H24ClN5/c1-16(2)30-8-10-31(11-9-30)17(3)18-4-5-21-22(26)14-23(29-24(21)13-18)20-12-19-6-7-27-25(19)28-15-20/h4-7,12-15H,1,3,8-11H2,2H3,(H,27,28). The summed E-state index contributed by atoms with van der Waals surface area (Å²) in [5.74, 6) is 0. The molecule has 31 heavy (non-hydrogen) atoms. The number of halogens is 1. The van der Waals surface area contributed by atoms with E-state index in [2.05, 4.69) is 58.0 Å². The summed E-state index contributed by atoms with van der Waals surface area (Å²) >= 11 is 6.62. The Bertz CT molecular complexity index is 1310. The van der Waals surface area contributed by atoms with Gasteiger partial charge in [0.25, 0.3) is 0 Å². The molecular weight excluding hydrogens is 406 g/mol. The van der Waals surface area contributed by atoms with Crippen LogP contribution in [0.1, 0.15) is 12.5 Å². The number of pyridine rings is 2. The summed E-state index contributed by atoms with van der Waals surface area (Å²) in [5.41, 5.74) is 6.67. The quantitative estimate of drug-likeness (QED) is 0.461. The lowest BCUT2D eigenvalue weighted by molar-refractivity contribution is 0.215. The maximum atomic E-state index is 6.62. The Balaban J connectivity index is 1.47. The first-order valence-corrected chi connectivity index (χ1v) is 10.8. The van der Waals surface area contributed by atoms with E-state index < -0.39 is 0 Å². The van der Waals surface area contributed by atoms with Crippen molar-refractivity contribution in [2.24, 2.45) is 0 Å². The van der Waals surface area contributed by atoms with E-state index in [-0.39, 0.29) is 0 Å². The Morgan fingerprint density at radius 1 is 1.03 bits per heavy atom. The zero-order valence-corrected chi connectivity index (χ0v) is 18.3. The summed E-state index contributed by atoms with van der Waals surface area (Å²) in [6.45, 7) is 14.3. The molecule has 1 aliphatic heterocycles. The highest BCUT2D eigenvalue weighted by Gasteiger charge is 2.19. The number of hydrogen-bond acceptors (Lipinski definition) is 4. The van der Waals surface area contributed by atoms with Crippen LogP contribution >= 0.6 is 11.6 Å². The molecule has 1 saturated heterocycles. The molecule has 0 atom stereocenters. The molecule has 156 valence electrons. The van der Waals surface area contributed by atoms with E-state index in [9.17, 15) is 0 Å². The Labute approximate surface area is 186 Å². The number of piperazine rings is 1. The molecule has 4 heterocycles. The molecule has 6 heteroatoms. The van der Waals surface area contributed by atoms with Crippen LogP contribution in [-0.2, 0) is 0 Å². The summed E-state index contributed by atoms with van der Waals surface area (Å²) in [7, 11) is 0. The summed E-state index contributed by atoms with van der Waals surface area (Å²) in [5, 5.41) is 2.66. The summed E-state index contributed by atoms with van der Waals surface area (Å²) in [4.78, 5) is 17.2. The number of rotatable bonds is 4. The van der Waals surface area contributed by atoms with E-state index in [1.54, 1.807) is 0 Å². The largest absolute Gasteiger partial charge is 0.372 e. The number of aromatic nitrogens is 3. The molecule has 0 radical (unpaired) electrons. The van der Waals surface area contributed by atoms with Gasteiger partial charge in [0.15, 0.2) is 0 Å². The average Bonchev–Trinajstić information content (AvgIpc) is 3.26. The van der Waals surface area contributed by atoms with Gasteiger partial charge in [0.1, 0.15) is 5.65 Å². The molecule has 0 unspecified atom stereocenters. The first kappa shape index (κ1) is 19.6. The minimum absolute atomic E-state index is 0.682. The fourth-order valence-electron chi connectivity index (χ4n) is 4.13. The van der Waals surface area contributed by atoms with E-state index in [0.29, 0.717) is 5.02 Å². The van der Waals surface area contributed by atoms with E-state index in [1.807, 2.05) is 30.6 Å². The van der Waals surface area contributed by atoms with Crippen LogP contribution in [0.2, 0.25) is 5.02 Å². The first-order chi connectivity index (χ1) is 15.0. The highest BCUT2D eigenvalue weighted by atomic mass is 35.5. The highest BCUT2D eigenvalue weighted by Crippen LogP contribution is 2.31. The van der Waals surface area contributed by atoms with Crippen molar-refractivity contribution in [3.63, 3.8) is 0 Å². The zero-order chi connectivity index (χ0) is 21.5. The van der Waals surface area contributed by atoms with Gasteiger partial charge in [-0.05, 0) is 36.8 Å². The van der Waals surface area contributed by atoms with Crippen LogP contribution in [-0.4, -0.2) is 50.9 Å². The van der Waals surface area contributed by atoms with Gasteiger partial charge in [0.05, 0.1) is 16.2 Å². The molecule has 1 fully saturated rings. The Kier molecular flexibility index (Phi) is 4.91. The molecule has 3 aromatic heterocycles. The summed E-state index contributed by atoms with van der Waals surface area (Å²) in [6, 6.07) is 12.2. The van der Waals surface area contributed by atoms with Crippen LogP contribution in [0.15, 0.2) is 67.6 Å². The maximum absolute atomic E-state index is 6.62. The van der Waals surface area contributed by atoms with Gasteiger partial charge in [-0.15, -0.1) is 0 Å². The van der Waals surface area contributed by atoms with Gasteiger partial charge in [-0.3, -0.25) is 0 Å². The molecule has 0 saturated carbocycles. The van der Waals surface area contributed by atoms with Crippen molar-refractivity contribution in [2.75, 3.05) is 26.2 Å². The number of aromatic amines is 1. The van der Waals surface area contributed by atoms with Crippen molar-refractivity contribution in [3.05, 3.63) is 78.2 Å². The number of benzene rings is 1. The van der Waals surface area contributed by atoms with E-state index in [0.717, 1.165) is 76.3 Å². The molecule has 1 aliphatic rings. The van der Waals surface area contributed by atoms with Crippen LogP contribution < -0.4 is 0 Å². The van der Waals surface area contributed by atoms with Crippen molar-refractivity contribution in [1.82, 2.24) is 24.8 Å². The molecule has 0 spiro atoms. The minimum Gasteiger partial charge on any atom is -0.372 e. The van der Waals surface area contributed by atoms with E-state index in [1.165, 1.54) is 0 Å². The lowest BCUT2D eigenvalue weighted by Gasteiger charge is -2.38. The number of allylic oxidation sites excluding steroid dienone is 1. The van der Waals surface area contributed by atoms with Crippen LogP contribution in [0.4, 0.5) is 0 Å². The Morgan fingerprint density at radius 3 is 2.58 bits per heavy atom. The van der Waals surface area contributed by atoms with Crippen LogP contribution in [0.25, 0.3) is 38.9 Å². The molecular formula is C25H24ClN5. The molecule has 0 bridgehead atoms. The number of nitrogens with one attached hydrogen (secondary N) is 1. The van der Waals surface area contributed by atoms with Gasteiger partial charge in [0, 0.05) is 66.3 Å². The second-order valence-corrected chi connectivity index (χ2v) is 8.42. The number of nitrogens with zero attached hydrogens (tertiary/aromatic N) is 4. The SMILES string of the molecule is C=C(C)N1CCN(C(=C)c2ccc3c(Cl)cc(-c4cnc5[nH]ccc5c4)nc3c2)CC1. The lowest BCUT2D eigenvalue weighted by atomic mass is 10.1. The number of hydrogen-bond donors (Lipinski definition) is 1. The van der Waals surface area contributed by atoms with Crippen molar-refractivity contribution >= 4 is 39.2 Å². The zero-order valence-electron chi connectivity index (χ0n) is 17.5. The van der Waals surface area contributed by atoms with Gasteiger partial charge in [-0.1, -0.05) is 36.9 Å². The van der Waals surface area contributed by atoms with E-state index >= 15 is 0 Å². The van der Waals surface area contributed by atoms with Crippen LogP contribution in [0.3, 0.4) is 0 Å². The third-order valence-corrected chi connectivity index (χ3v) is 6.30. The fourth-order valence-corrected chi connectivity index (χ4v) is 4.40. The van der Waals surface area contributed by atoms with E-state index in [4.69, 9.17) is 16.6 Å². The van der Waals surface area contributed by atoms with Gasteiger partial charge >= 0.3 is 0 Å². The molecule has 5 nitrogen and oxygen atoms in total. The topological polar surface area (TPSA) is 48.0 Å². The number of fused-ring (bicyclic) bond motifs is 2. The second kappa shape index (κ2) is 7.75. The van der Waals surface area contributed by atoms with Gasteiger partial charge in [-0.2, -0.15) is 0 Å². The van der Waals surface area contributed by atoms with Gasteiger partial charge < -0.3 is 14.8 Å². The molecule has 0 aliphatic carbocycles. The normalized spacial score (nSPS) is 14.4. The maximum Gasteiger partial charge on any atom is 0.137 e. The monoisotopic (exact) mass is 429 g/mol. The van der Waals surface area contributed by atoms with Crippen molar-refractivity contribution in [1.29, 1.82) is 0 Å². The third-order valence-electron chi connectivity index (χ3n) is 5.99. The predicted octanol–water partition coefficient (Wildman–Crippen LogP) is 5.55. The van der Waals surface area contributed by atoms with Crippen LogP contribution in [0, 0.1) is 0 Å². The minimum atomic E-state index is 0.682. The second-order valence-electron chi connectivity index (χ2n) is 8.02. The van der Waals surface area contributed by atoms with Gasteiger partial charge in [0.2, 0.25) is 0 Å². The number of H-pyrrole nitrogens is 1. The molecule has 0 amide bonds. The van der Waals surface area contributed by atoms with Crippen molar-refractivity contribution in [3.8, 4) is 11.3 Å². The Morgan fingerprint density at radius 2 is 1.81 bits per heavy atom.